The van der Waals surface area contributed by atoms with Crippen LogP contribution in [-0.4, -0.2) is 43.6 Å². The number of amides is 1. The second-order valence-electron chi connectivity index (χ2n) is 7.73. The van der Waals surface area contributed by atoms with Crippen molar-refractivity contribution in [3.63, 3.8) is 0 Å². The Morgan fingerprint density at radius 1 is 1.12 bits per heavy atom. The molecule has 1 aliphatic rings. The Labute approximate surface area is 183 Å². The maximum atomic E-state index is 13.0. The van der Waals surface area contributed by atoms with Crippen LogP contribution in [0.15, 0.2) is 53.3 Å². The molecule has 0 radical (unpaired) electrons. The van der Waals surface area contributed by atoms with E-state index in [1.165, 1.54) is 24.3 Å². The number of fused-ring (bicyclic) bond motifs is 1. The zero-order valence-electron chi connectivity index (χ0n) is 17.4. The Morgan fingerprint density at radius 3 is 2.75 bits per heavy atom. The number of rotatable bonds is 7. The largest absolute Gasteiger partial charge is 0.484 e. The van der Waals surface area contributed by atoms with Crippen molar-refractivity contribution in [3.05, 3.63) is 60.5 Å². The quantitative estimate of drug-likeness (QED) is 0.439. The highest BCUT2D eigenvalue weighted by Gasteiger charge is 2.18. The van der Waals surface area contributed by atoms with Crippen molar-refractivity contribution in [2.45, 2.75) is 32.4 Å². The van der Waals surface area contributed by atoms with Gasteiger partial charge in [0.05, 0.1) is 17.4 Å². The molecule has 0 atom stereocenters. The highest BCUT2D eigenvalue weighted by Crippen LogP contribution is 2.23. The first-order valence-corrected chi connectivity index (χ1v) is 10.6. The lowest BCUT2D eigenvalue weighted by molar-refractivity contribution is -0.130. The van der Waals surface area contributed by atoms with Crippen molar-refractivity contribution in [3.8, 4) is 17.1 Å². The Bertz CT molecular complexity index is 1230. The molecule has 5 rings (SSSR count). The van der Waals surface area contributed by atoms with E-state index < -0.39 is 0 Å². The number of carbonyl (C=O) groups is 1. The summed E-state index contributed by atoms with van der Waals surface area (Å²) in [6.07, 6.45) is 4.41. The van der Waals surface area contributed by atoms with Gasteiger partial charge in [0, 0.05) is 31.6 Å². The topological polar surface area (TPSA) is 86.3 Å². The van der Waals surface area contributed by atoms with Crippen LogP contribution >= 0.6 is 0 Å². The molecule has 9 heteroatoms. The van der Waals surface area contributed by atoms with E-state index in [0.717, 1.165) is 42.5 Å². The average molecular weight is 435 g/mol. The number of hydrogen-bond donors (Lipinski definition) is 0. The number of imidazole rings is 1. The van der Waals surface area contributed by atoms with E-state index in [9.17, 15) is 9.18 Å². The smallest absolute Gasteiger partial charge is 0.264 e. The summed E-state index contributed by atoms with van der Waals surface area (Å²) >= 11 is 0. The lowest BCUT2D eigenvalue weighted by Crippen LogP contribution is -2.28. The minimum atomic E-state index is -0.326. The van der Waals surface area contributed by atoms with Crippen LogP contribution in [0.25, 0.3) is 22.4 Å². The number of benzene rings is 2. The Hall–Kier alpha value is -3.75. The molecule has 1 fully saturated rings. The van der Waals surface area contributed by atoms with Crippen LogP contribution < -0.4 is 4.74 Å². The molecule has 32 heavy (non-hydrogen) atoms. The van der Waals surface area contributed by atoms with E-state index in [4.69, 9.17) is 9.26 Å². The average Bonchev–Trinajstić information content (AvgIpc) is 3.58. The predicted molar refractivity (Wildman–Crippen MR) is 114 cm³/mol. The van der Waals surface area contributed by atoms with E-state index in [-0.39, 0.29) is 18.3 Å². The maximum absolute atomic E-state index is 13.0. The minimum absolute atomic E-state index is 0.0839. The third-order valence-electron chi connectivity index (χ3n) is 5.55. The van der Waals surface area contributed by atoms with Gasteiger partial charge in [-0.1, -0.05) is 5.16 Å². The van der Waals surface area contributed by atoms with Crippen molar-refractivity contribution >= 4 is 16.9 Å². The van der Waals surface area contributed by atoms with E-state index in [2.05, 4.69) is 15.1 Å². The third-order valence-corrected chi connectivity index (χ3v) is 5.55. The normalized spacial score (nSPS) is 13.7. The first-order valence-electron chi connectivity index (χ1n) is 10.6. The zero-order valence-corrected chi connectivity index (χ0v) is 17.4. The molecule has 0 spiro atoms. The van der Waals surface area contributed by atoms with Crippen LogP contribution in [0, 0.1) is 5.82 Å². The summed E-state index contributed by atoms with van der Waals surface area (Å²) in [5.74, 6) is 1.14. The van der Waals surface area contributed by atoms with Gasteiger partial charge < -0.3 is 18.7 Å². The molecule has 0 N–H and O–H groups in total. The number of aryl methyl sites for hydroxylation is 1. The van der Waals surface area contributed by atoms with Gasteiger partial charge in [0.25, 0.3) is 5.89 Å². The standard InChI is InChI=1S/C23H22FN5O3/c24-17-4-6-18(7-5-17)31-14-21-26-23(27-32-21)16-3-8-20-19(13-16)25-15-29(20)12-9-22(30)28-10-1-2-11-28/h3-8,13,15H,1-2,9-12,14H2. The molecular weight excluding hydrogens is 413 g/mol. The van der Waals surface area contributed by atoms with Crippen LogP contribution in [0.2, 0.25) is 0 Å². The number of aromatic nitrogens is 4. The number of ether oxygens (including phenoxy) is 1. The van der Waals surface area contributed by atoms with Crippen LogP contribution in [0.1, 0.15) is 25.2 Å². The summed E-state index contributed by atoms with van der Waals surface area (Å²) in [6, 6.07) is 11.5. The molecule has 1 aliphatic heterocycles. The maximum Gasteiger partial charge on any atom is 0.264 e. The lowest BCUT2D eigenvalue weighted by atomic mass is 10.2. The second-order valence-corrected chi connectivity index (χ2v) is 7.73. The number of likely N-dealkylation sites (tertiary alicyclic amines) is 1. The Kier molecular flexibility index (Phi) is 5.53. The summed E-state index contributed by atoms with van der Waals surface area (Å²) in [6.45, 7) is 2.42. The highest BCUT2D eigenvalue weighted by atomic mass is 19.1. The van der Waals surface area contributed by atoms with E-state index in [1.54, 1.807) is 6.33 Å². The van der Waals surface area contributed by atoms with Crippen molar-refractivity contribution < 1.29 is 18.4 Å². The predicted octanol–water partition coefficient (Wildman–Crippen LogP) is 3.82. The van der Waals surface area contributed by atoms with Gasteiger partial charge in [-0.2, -0.15) is 4.98 Å². The molecule has 2 aromatic heterocycles. The van der Waals surface area contributed by atoms with Gasteiger partial charge in [-0.05, 0) is 55.3 Å². The number of halogens is 1. The fourth-order valence-corrected chi connectivity index (χ4v) is 3.83. The highest BCUT2D eigenvalue weighted by molar-refractivity contribution is 5.81. The van der Waals surface area contributed by atoms with Crippen molar-refractivity contribution in [2.24, 2.45) is 0 Å². The monoisotopic (exact) mass is 435 g/mol. The van der Waals surface area contributed by atoms with Crippen LogP contribution in [-0.2, 0) is 17.9 Å². The zero-order chi connectivity index (χ0) is 21.9. The minimum Gasteiger partial charge on any atom is -0.484 e. The van der Waals surface area contributed by atoms with Crippen molar-refractivity contribution in [1.29, 1.82) is 0 Å². The molecule has 164 valence electrons. The summed E-state index contributed by atoms with van der Waals surface area (Å²) in [5.41, 5.74) is 2.52. The van der Waals surface area contributed by atoms with E-state index in [0.29, 0.717) is 30.4 Å². The van der Waals surface area contributed by atoms with Crippen molar-refractivity contribution in [1.82, 2.24) is 24.6 Å². The summed E-state index contributed by atoms with van der Waals surface area (Å²) in [5, 5.41) is 4.02. The molecule has 0 unspecified atom stereocenters. The first kappa shape index (κ1) is 20.2. The molecular formula is C23H22FN5O3. The van der Waals surface area contributed by atoms with E-state index >= 15 is 0 Å². The summed E-state index contributed by atoms with van der Waals surface area (Å²) in [4.78, 5) is 23.1. The molecule has 0 saturated carbocycles. The molecule has 0 aliphatic carbocycles. The van der Waals surface area contributed by atoms with Gasteiger partial charge in [0.2, 0.25) is 11.7 Å². The lowest BCUT2D eigenvalue weighted by Gasteiger charge is -2.15. The molecule has 1 saturated heterocycles. The molecule has 2 aromatic carbocycles. The van der Waals surface area contributed by atoms with Gasteiger partial charge in [0.1, 0.15) is 11.6 Å². The van der Waals surface area contributed by atoms with Crippen LogP contribution in [0.4, 0.5) is 4.39 Å². The number of carbonyl (C=O) groups excluding carboxylic acids is 1. The molecule has 3 heterocycles. The van der Waals surface area contributed by atoms with Gasteiger partial charge >= 0.3 is 0 Å². The second kappa shape index (κ2) is 8.78. The fraction of sp³-hybridized carbons (Fsp3) is 0.304. The molecule has 4 aromatic rings. The number of hydrogen-bond acceptors (Lipinski definition) is 6. The fourth-order valence-electron chi connectivity index (χ4n) is 3.83. The Morgan fingerprint density at radius 2 is 1.94 bits per heavy atom. The van der Waals surface area contributed by atoms with Crippen LogP contribution in [0.5, 0.6) is 5.75 Å². The third kappa shape index (κ3) is 4.32. The van der Waals surface area contributed by atoms with Gasteiger partial charge in [-0.25, -0.2) is 9.37 Å². The number of nitrogens with zero attached hydrogens (tertiary/aromatic N) is 5. The molecule has 1 amide bonds. The molecule has 8 nitrogen and oxygen atoms in total. The first-order chi connectivity index (χ1) is 15.7. The van der Waals surface area contributed by atoms with Crippen molar-refractivity contribution in [2.75, 3.05) is 13.1 Å². The van der Waals surface area contributed by atoms with Gasteiger partial charge in [-0.3, -0.25) is 4.79 Å². The summed E-state index contributed by atoms with van der Waals surface area (Å²) in [7, 11) is 0. The molecule has 0 bridgehead atoms. The Balaban J connectivity index is 1.24. The van der Waals surface area contributed by atoms with E-state index in [1.807, 2.05) is 27.7 Å². The van der Waals surface area contributed by atoms with Gasteiger partial charge in [-0.15, -0.1) is 0 Å². The van der Waals surface area contributed by atoms with Gasteiger partial charge in [0.15, 0.2) is 6.61 Å². The van der Waals surface area contributed by atoms with Crippen LogP contribution in [0.3, 0.4) is 0 Å². The SMILES string of the molecule is O=C(CCn1cnc2cc(-c3noc(COc4ccc(F)cc4)n3)ccc21)N1CCCC1. The summed E-state index contributed by atoms with van der Waals surface area (Å²) < 4.78 is 25.8.